The van der Waals surface area contributed by atoms with Crippen molar-refractivity contribution in [3.05, 3.63) is 53.5 Å². The van der Waals surface area contributed by atoms with Crippen LogP contribution in [0.3, 0.4) is 0 Å². The molecule has 3 aromatic rings. The van der Waals surface area contributed by atoms with E-state index in [2.05, 4.69) is 30.2 Å². The van der Waals surface area contributed by atoms with Crippen LogP contribution in [0.15, 0.2) is 36.5 Å². The number of nitrogens with two attached hydrogens (primary N) is 1. The van der Waals surface area contributed by atoms with Gasteiger partial charge in [0.1, 0.15) is 18.1 Å². The summed E-state index contributed by atoms with van der Waals surface area (Å²) in [7, 11) is 0. The third kappa shape index (κ3) is 5.94. The molecule has 6 heteroatoms. The Morgan fingerprint density at radius 2 is 1.86 bits per heavy atom. The quantitative estimate of drug-likeness (QED) is 0.314. The number of fused-ring (bicyclic) bond motifs is 1. The zero-order valence-corrected chi connectivity index (χ0v) is 18.0. The van der Waals surface area contributed by atoms with Gasteiger partial charge >= 0.3 is 0 Å². The topological polar surface area (TPSA) is 66.0 Å². The number of nitrogen functional groups attached to an aromatic ring is 1. The van der Waals surface area contributed by atoms with Gasteiger partial charge in [-0.25, -0.2) is 9.97 Å². The Kier molecular flexibility index (Phi) is 8.32. The molecule has 0 aliphatic rings. The molecule has 0 saturated carbocycles. The van der Waals surface area contributed by atoms with Crippen molar-refractivity contribution in [1.82, 2.24) is 14.5 Å². The molecule has 0 radical (unpaired) electrons. The van der Waals surface area contributed by atoms with Crippen LogP contribution >= 0.6 is 11.6 Å². The number of nitrogens with zero attached hydrogens (tertiary/aromatic N) is 3. The van der Waals surface area contributed by atoms with Crippen LogP contribution in [0, 0.1) is 0 Å². The Hall–Kier alpha value is -2.11. The van der Waals surface area contributed by atoms with Gasteiger partial charge < -0.3 is 15.0 Å². The van der Waals surface area contributed by atoms with E-state index >= 15 is 0 Å². The number of hydrogen-bond donors (Lipinski definition) is 1. The SMILES string of the molecule is CCCCc1nc(N)c2c(n1)c(CCCCCCl)cn2COCc1ccccc1. The molecule has 2 aromatic heterocycles. The van der Waals surface area contributed by atoms with Crippen LogP contribution in [0.25, 0.3) is 11.0 Å². The number of unbranched alkanes of at least 4 members (excludes halogenated alkanes) is 3. The summed E-state index contributed by atoms with van der Waals surface area (Å²) in [4.78, 5) is 9.43. The first kappa shape index (κ1) is 21.6. The van der Waals surface area contributed by atoms with Gasteiger partial charge in [-0.1, -0.05) is 50.1 Å². The summed E-state index contributed by atoms with van der Waals surface area (Å²) in [5, 5.41) is 0. The average molecular weight is 415 g/mol. The van der Waals surface area contributed by atoms with Crippen LogP contribution < -0.4 is 5.73 Å². The van der Waals surface area contributed by atoms with Crippen molar-refractivity contribution in [1.29, 1.82) is 0 Å². The Bertz CT molecular complexity index is 895. The second-order valence-corrected chi connectivity index (χ2v) is 7.79. The van der Waals surface area contributed by atoms with Gasteiger partial charge in [-0.2, -0.15) is 0 Å². The predicted molar refractivity (Wildman–Crippen MR) is 120 cm³/mol. The largest absolute Gasteiger partial charge is 0.382 e. The Labute approximate surface area is 178 Å². The van der Waals surface area contributed by atoms with Gasteiger partial charge in [0.25, 0.3) is 0 Å². The van der Waals surface area contributed by atoms with Crippen molar-refractivity contribution in [3.63, 3.8) is 0 Å². The lowest BCUT2D eigenvalue weighted by Gasteiger charge is -2.09. The van der Waals surface area contributed by atoms with Gasteiger partial charge in [-0.3, -0.25) is 0 Å². The maximum atomic E-state index is 6.36. The lowest BCUT2D eigenvalue weighted by atomic mass is 10.1. The first-order valence-electron chi connectivity index (χ1n) is 10.5. The van der Waals surface area contributed by atoms with E-state index in [1.807, 2.05) is 22.8 Å². The third-order valence-electron chi connectivity index (χ3n) is 5.04. The summed E-state index contributed by atoms with van der Waals surface area (Å²) in [6.07, 6.45) is 9.37. The monoisotopic (exact) mass is 414 g/mol. The number of aryl methyl sites for hydroxylation is 2. The Morgan fingerprint density at radius 3 is 2.62 bits per heavy atom. The highest BCUT2D eigenvalue weighted by Crippen LogP contribution is 2.26. The van der Waals surface area contributed by atoms with Crippen molar-refractivity contribution in [2.45, 2.75) is 65.2 Å². The third-order valence-corrected chi connectivity index (χ3v) is 5.30. The fourth-order valence-corrected chi connectivity index (χ4v) is 3.68. The number of rotatable bonds is 12. The number of halogens is 1. The maximum absolute atomic E-state index is 6.36. The second-order valence-electron chi connectivity index (χ2n) is 7.41. The normalized spacial score (nSPS) is 11.4. The lowest BCUT2D eigenvalue weighted by molar-refractivity contribution is 0.0667. The maximum Gasteiger partial charge on any atom is 0.151 e. The standard InChI is InChI=1S/C23H31ClN4O/c1-2-3-13-20-26-21-19(12-8-5-9-14-24)15-28(22(21)23(25)27-20)17-29-16-18-10-6-4-7-11-18/h4,6-7,10-11,15H,2-3,5,8-9,12-14,16-17H2,1H3,(H2,25,26,27). The van der Waals surface area contributed by atoms with Gasteiger partial charge in [0.05, 0.1) is 12.1 Å². The molecule has 0 aliphatic heterocycles. The van der Waals surface area contributed by atoms with Crippen LogP contribution in [-0.2, 0) is 30.9 Å². The fourth-order valence-electron chi connectivity index (χ4n) is 3.50. The zero-order valence-electron chi connectivity index (χ0n) is 17.2. The van der Waals surface area contributed by atoms with Crippen LogP contribution in [0.1, 0.15) is 56.0 Å². The summed E-state index contributed by atoms with van der Waals surface area (Å²) in [5.74, 6) is 2.09. The molecule has 0 saturated heterocycles. The van der Waals surface area contributed by atoms with E-state index in [9.17, 15) is 0 Å². The van der Waals surface area contributed by atoms with Gasteiger partial charge in [0, 0.05) is 18.5 Å². The molecule has 0 bridgehead atoms. The summed E-state index contributed by atoms with van der Waals surface area (Å²) < 4.78 is 8.00. The number of alkyl halides is 1. The van der Waals surface area contributed by atoms with Gasteiger partial charge in [-0.05, 0) is 36.8 Å². The van der Waals surface area contributed by atoms with Crippen LogP contribution in [0.2, 0.25) is 0 Å². The van der Waals surface area contributed by atoms with Crippen molar-refractivity contribution in [3.8, 4) is 0 Å². The lowest BCUT2D eigenvalue weighted by Crippen LogP contribution is -2.06. The van der Waals surface area contributed by atoms with Crippen molar-refractivity contribution in [2.75, 3.05) is 11.6 Å². The van der Waals surface area contributed by atoms with Crippen LogP contribution in [0.5, 0.6) is 0 Å². The Morgan fingerprint density at radius 1 is 1.03 bits per heavy atom. The molecule has 2 heterocycles. The second kappa shape index (κ2) is 11.2. The molecule has 29 heavy (non-hydrogen) atoms. The van der Waals surface area contributed by atoms with Gasteiger partial charge in [0.2, 0.25) is 0 Å². The molecule has 5 nitrogen and oxygen atoms in total. The molecule has 0 aliphatic carbocycles. The van der Waals surface area contributed by atoms with E-state index in [1.165, 1.54) is 5.56 Å². The first-order valence-corrected chi connectivity index (χ1v) is 11.1. The molecule has 0 atom stereocenters. The minimum atomic E-state index is 0.426. The molecule has 0 amide bonds. The van der Waals surface area contributed by atoms with Crippen molar-refractivity contribution >= 4 is 28.5 Å². The Balaban J connectivity index is 1.81. The molecule has 3 rings (SSSR count). The number of aromatic nitrogens is 3. The molecule has 0 fully saturated rings. The molecule has 0 unspecified atom stereocenters. The van der Waals surface area contributed by atoms with E-state index in [0.717, 1.165) is 67.4 Å². The smallest absolute Gasteiger partial charge is 0.151 e. The first-order chi connectivity index (χ1) is 14.2. The highest BCUT2D eigenvalue weighted by Gasteiger charge is 2.15. The number of hydrogen-bond acceptors (Lipinski definition) is 4. The molecule has 156 valence electrons. The predicted octanol–water partition coefficient (Wildman–Crippen LogP) is 5.48. The van der Waals surface area contributed by atoms with E-state index in [0.29, 0.717) is 25.0 Å². The van der Waals surface area contributed by atoms with Gasteiger partial charge in [-0.15, -0.1) is 11.6 Å². The van der Waals surface area contributed by atoms with Crippen LogP contribution in [-0.4, -0.2) is 20.4 Å². The molecule has 2 N–H and O–H groups in total. The van der Waals surface area contributed by atoms with Gasteiger partial charge in [0.15, 0.2) is 5.82 Å². The molecular formula is C23H31ClN4O. The van der Waals surface area contributed by atoms with Crippen molar-refractivity contribution in [2.24, 2.45) is 0 Å². The van der Waals surface area contributed by atoms with E-state index in [4.69, 9.17) is 27.1 Å². The minimum absolute atomic E-state index is 0.426. The number of anilines is 1. The number of ether oxygens (including phenoxy) is 1. The fraction of sp³-hybridized carbons (Fsp3) is 0.478. The molecule has 1 aromatic carbocycles. The molecule has 0 spiro atoms. The average Bonchev–Trinajstić information content (AvgIpc) is 3.08. The van der Waals surface area contributed by atoms with E-state index < -0.39 is 0 Å². The van der Waals surface area contributed by atoms with E-state index in [-0.39, 0.29) is 0 Å². The summed E-state index contributed by atoms with van der Waals surface area (Å²) in [5.41, 5.74) is 10.6. The van der Waals surface area contributed by atoms with Crippen molar-refractivity contribution < 1.29 is 4.74 Å². The summed E-state index contributed by atoms with van der Waals surface area (Å²) >= 11 is 5.82. The summed E-state index contributed by atoms with van der Waals surface area (Å²) in [6, 6.07) is 10.2. The number of benzene rings is 1. The highest BCUT2D eigenvalue weighted by atomic mass is 35.5. The summed E-state index contributed by atoms with van der Waals surface area (Å²) in [6.45, 7) is 3.15. The van der Waals surface area contributed by atoms with Crippen LogP contribution in [0.4, 0.5) is 5.82 Å². The van der Waals surface area contributed by atoms with E-state index in [1.54, 1.807) is 0 Å². The zero-order chi connectivity index (χ0) is 20.5. The molecular weight excluding hydrogens is 384 g/mol. The highest BCUT2D eigenvalue weighted by molar-refractivity contribution is 6.17. The minimum Gasteiger partial charge on any atom is -0.382 e.